The van der Waals surface area contributed by atoms with Crippen LogP contribution in [0.15, 0.2) is 85.2 Å². The van der Waals surface area contributed by atoms with Crippen molar-refractivity contribution in [3.8, 4) is 22.6 Å². The fourth-order valence-electron chi connectivity index (χ4n) is 5.52. The Morgan fingerprint density at radius 3 is 2.62 bits per heavy atom. The van der Waals surface area contributed by atoms with Gasteiger partial charge >= 0.3 is 0 Å². The van der Waals surface area contributed by atoms with Gasteiger partial charge in [0, 0.05) is 36.1 Å². The van der Waals surface area contributed by atoms with Crippen molar-refractivity contribution in [1.82, 2.24) is 4.98 Å². The number of hydrogen-bond acceptors (Lipinski definition) is 4. The second-order valence-electron chi connectivity index (χ2n) is 9.10. The highest BCUT2D eigenvalue weighted by Crippen LogP contribution is 2.54. The maximum absolute atomic E-state index is 14.1. The predicted molar refractivity (Wildman–Crippen MR) is 129 cm³/mol. The summed E-state index contributed by atoms with van der Waals surface area (Å²) in [6, 6.07) is 24.5. The van der Waals surface area contributed by atoms with Gasteiger partial charge in [0.2, 0.25) is 5.91 Å². The largest absolute Gasteiger partial charge is 0.493 e. The van der Waals surface area contributed by atoms with Crippen LogP contribution in [0.2, 0.25) is 0 Å². The fourth-order valence-corrected chi connectivity index (χ4v) is 5.52. The average molecular weight is 447 g/mol. The van der Waals surface area contributed by atoms with Crippen molar-refractivity contribution in [3.63, 3.8) is 0 Å². The Bertz CT molecular complexity index is 1430. The van der Waals surface area contributed by atoms with Crippen LogP contribution in [-0.4, -0.2) is 24.1 Å². The lowest BCUT2D eigenvalue weighted by Crippen LogP contribution is -2.42. The number of amides is 1. The van der Waals surface area contributed by atoms with Crippen LogP contribution in [0.4, 0.5) is 5.69 Å². The number of nitrogens with zero attached hydrogens (tertiary/aromatic N) is 2. The summed E-state index contributed by atoms with van der Waals surface area (Å²) in [5, 5.41) is 0. The fraction of sp³-hybridized carbons (Fsp3) is 0.172. The summed E-state index contributed by atoms with van der Waals surface area (Å²) in [6.45, 7) is 1.50. The van der Waals surface area contributed by atoms with E-state index in [2.05, 4.69) is 41.4 Å². The van der Waals surface area contributed by atoms with Crippen LogP contribution >= 0.6 is 0 Å². The van der Waals surface area contributed by atoms with Crippen LogP contribution < -0.4 is 14.4 Å². The minimum absolute atomic E-state index is 0.0719. The third-order valence-electron chi connectivity index (χ3n) is 7.25. The molecule has 0 saturated heterocycles. The lowest BCUT2D eigenvalue weighted by atomic mass is 9.76. The molecule has 166 valence electrons. The van der Waals surface area contributed by atoms with Gasteiger partial charge in [-0.15, -0.1) is 0 Å². The van der Waals surface area contributed by atoms with Crippen molar-refractivity contribution < 1.29 is 14.3 Å². The van der Waals surface area contributed by atoms with E-state index in [1.54, 1.807) is 6.20 Å². The molecule has 1 unspecified atom stereocenters. The first-order valence-electron chi connectivity index (χ1n) is 11.6. The molecule has 4 heterocycles. The van der Waals surface area contributed by atoms with Crippen molar-refractivity contribution >= 4 is 11.6 Å². The zero-order valence-electron chi connectivity index (χ0n) is 18.5. The number of rotatable bonds is 3. The van der Waals surface area contributed by atoms with Crippen LogP contribution in [0, 0.1) is 0 Å². The van der Waals surface area contributed by atoms with E-state index in [-0.39, 0.29) is 5.91 Å². The van der Waals surface area contributed by atoms with Gasteiger partial charge in [0.1, 0.15) is 23.5 Å². The minimum Gasteiger partial charge on any atom is -0.493 e. The Labute approximate surface area is 197 Å². The van der Waals surface area contributed by atoms with E-state index in [1.165, 1.54) is 0 Å². The van der Waals surface area contributed by atoms with Gasteiger partial charge in [0.15, 0.2) is 0 Å². The molecule has 0 saturated carbocycles. The van der Waals surface area contributed by atoms with E-state index in [4.69, 9.17) is 9.47 Å². The van der Waals surface area contributed by atoms with Gasteiger partial charge in [-0.2, -0.15) is 0 Å². The lowest BCUT2D eigenvalue weighted by Gasteiger charge is -2.23. The zero-order valence-corrected chi connectivity index (χ0v) is 18.5. The number of aromatic nitrogens is 1. The standard InChI is InChI=1S/C29H22N2O3/c32-28-29(18-34-27-15-26-21(11-13-33-26)14-24(27)29)23-5-1-2-6-25(23)31(28)17-19-7-9-20(10-8-19)22-4-3-12-30-16-22/h1-10,12,14-16H,11,13,17-18H2. The summed E-state index contributed by atoms with van der Waals surface area (Å²) in [4.78, 5) is 20.3. The maximum atomic E-state index is 14.1. The Hall–Kier alpha value is -4.12. The monoisotopic (exact) mass is 446 g/mol. The molecule has 34 heavy (non-hydrogen) atoms. The van der Waals surface area contributed by atoms with E-state index in [1.807, 2.05) is 47.5 Å². The Morgan fingerprint density at radius 2 is 1.76 bits per heavy atom. The summed E-state index contributed by atoms with van der Waals surface area (Å²) >= 11 is 0. The summed E-state index contributed by atoms with van der Waals surface area (Å²) in [7, 11) is 0. The van der Waals surface area contributed by atoms with Gasteiger partial charge in [-0.3, -0.25) is 9.78 Å². The molecule has 5 nitrogen and oxygen atoms in total. The number of carbonyl (C=O) groups is 1. The quantitative estimate of drug-likeness (QED) is 0.449. The Morgan fingerprint density at radius 1 is 0.882 bits per heavy atom. The summed E-state index contributed by atoms with van der Waals surface area (Å²) in [5.74, 6) is 1.70. The molecule has 0 fully saturated rings. The average Bonchev–Trinajstić information content (AvgIpc) is 3.56. The van der Waals surface area contributed by atoms with Crippen LogP contribution in [-0.2, 0) is 23.2 Å². The number of hydrogen-bond donors (Lipinski definition) is 0. The third-order valence-corrected chi connectivity index (χ3v) is 7.25. The van der Waals surface area contributed by atoms with Crippen LogP contribution in [0.3, 0.4) is 0 Å². The number of ether oxygens (including phenoxy) is 2. The molecule has 3 aliphatic rings. The topological polar surface area (TPSA) is 51.7 Å². The van der Waals surface area contributed by atoms with E-state index >= 15 is 0 Å². The number of pyridine rings is 1. The second-order valence-corrected chi connectivity index (χ2v) is 9.10. The number of anilines is 1. The normalized spacial score (nSPS) is 19.5. The van der Waals surface area contributed by atoms with Crippen LogP contribution in [0.1, 0.15) is 22.3 Å². The molecule has 0 aliphatic carbocycles. The number of carbonyl (C=O) groups excluding carboxylic acids is 1. The van der Waals surface area contributed by atoms with Crippen LogP contribution in [0.5, 0.6) is 11.5 Å². The first kappa shape index (κ1) is 19.4. The smallest absolute Gasteiger partial charge is 0.246 e. The second kappa shape index (κ2) is 7.19. The highest BCUT2D eigenvalue weighted by Gasteiger charge is 2.57. The highest BCUT2D eigenvalue weighted by molar-refractivity contribution is 6.11. The third kappa shape index (κ3) is 2.67. The lowest BCUT2D eigenvalue weighted by molar-refractivity contribution is -0.122. The molecule has 1 spiro atoms. The van der Waals surface area contributed by atoms with Crippen molar-refractivity contribution in [2.45, 2.75) is 18.4 Å². The molecular formula is C29H22N2O3. The first-order chi connectivity index (χ1) is 16.7. The molecule has 0 bridgehead atoms. The van der Waals surface area contributed by atoms with Crippen LogP contribution in [0.25, 0.3) is 11.1 Å². The number of benzene rings is 3. The van der Waals surface area contributed by atoms with E-state index < -0.39 is 5.41 Å². The summed E-state index contributed by atoms with van der Waals surface area (Å²) < 4.78 is 11.9. The molecule has 5 heteroatoms. The van der Waals surface area contributed by atoms with E-state index in [0.29, 0.717) is 19.8 Å². The number of fused-ring (bicyclic) bond motifs is 5. The molecule has 1 amide bonds. The minimum atomic E-state index is -0.806. The molecule has 3 aliphatic heterocycles. The summed E-state index contributed by atoms with van der Waals surface area (Å²) in [5.41, 5.74) is 6.54. The molecule has 4 aromatic rings. The molecule has 1 aromatic heterocycles. The highest BCUT2D eigenvalue weighted by atomic mass is 16.5. The molecule has 3 aromatic carbocycles. The van der Waals surface area contributed by atoms with Crippen molar-refractivity contribution in [1.29, 1.82) is 0 Å². The first-order valence-corrected chi connectivity index (χ1v) is 11.6. The Balaban J connectivity index is 1.27. The van der Waals surface area contributed by atoms with Gasteiger partial charge < -0.3 is 14.4 Å². The van der Waals surface area contributed by atoms with Gasteiger partial charge in [0.25, 0.3) is 0 Å². The molecule has 7 rings (SSSR count). The zero-order chi connectivity index (χ0) is 22.7. The molecule has 0 N–H and O–H groups in total. The maximum Gasteiger partial charge on any atom is 0.246 e. The van der Waals surface area contributed by atoms with Gasteiger partial charge in [0.05, 0.1) is 13.2 Å². The van der Waals surface area contributed by atoms with Gasteiger partial charge in [-0.25, -0.2) is 0 Å². The van der Waals surface area contributed by atoms with Gasteiger partial charge in [-0.05, 0) is 46.0 Å². The SMILES string of the molecule is O=C1N(Cc2ccc(-c3cccnc3)cc2)c2ccccc2C12COc1cc3c(cc12)CCO3. The van der Waals surface area contributed by atoms with Crippen molar-refractivity contribution in [2.75, 3.05) is 18.1 Å². The van der Waals surface area contributed by atoms with Crippen molar-refractivity contribution in [2.24, 2.45) is 0 Å². The van der Waals surface area contributed by atoms with Gasteiger partial charge in [-0.1, -0.05) is 48.5 Å². The van der Waals surface area contributed by atoms with E-state index in [0.717, 1.165) is 57.0 Å². The van der Waals surface area contributed by atoms with Crippen molar-refractivity contribution in [3.05, 3.63) is 107 Å². The summed E-state index contributed by atoms with van der Waals surface area (Å²) in [6.07, 6.45) is 4.50. The van der Waals surface area contributed by atoms with E-state index in [9.17, 15) is 4.79 Å². The predicted octanol–water partition coefficient (Wildman–Crippen LogP) is 4.91. The molecule has 0 radical (unpaired) electrons. The number of para-hydroxylation sites is 1. The molecule has 1 atom stereocenters. The molecular weight excluding hydrogens is 424 g/mol. The Kier molecular flexibility index (Phi) is 4.09.